The molecule has 2 aromatic carbocycles. The monoisotopic (exact) mass is 469 g/mol. The fourth-order valence-corrected chi connectivity index (χ4v) is 2.90. The Morgan fingerprint density at radius 3 is 2.42 bits per heavy atom. The Morgan fingerprint density at radius 2 is 1.81 bits per heavy atom. The van der Waals surface area contributed by atoms with Crippen LogP contribution in [0, 0.1) is 0 Å². The van der Waals surface area contributed by atoms with Crippen molar-refractivity contribution in [3.05, 3.63) is 81.5 Å². The van der Waals surface area contributed by atoms with Gasteiger partial charge in [-0.05, 0) is 48.9 Å². The first-order valence-electron chi connectivity index (χ1n) is 8.92. The van der Waals surface area contributed by atoms with Crippen LogP contribution in [0.25, 0.3) is 0 Å². The highest BCUT2D eigenvalue weighted by atomic mass is 35.5. The van der Waals surface area contributed by atoms with E-state index in [1.807, 2.05) is 5.10 Å². The van der Waals surface area contributed by atoms with E-state index in [9.17, 15) is 18.0 Å². The van der Waals surface area contributed by atoms with Gasteiger partial charge in [0.05, 0.1) is 6.04 Å². The van der Waals surface area contributed by atoms with Crippen LogP contribution in [-0.2, 0) is 6.18 Å². The van der Waals surface area contributed by atoms with Crippen molar-refractivity contribution in [3.63, 3.8) is 0 Å². The molecule has 0 fully saturated rings. The molecule has 0 aliphatic heterocycles. The molecule has 1 aromatic heterocycles. The molecule has 0 radical (unpaired) electrons. The number of hydrogen-bond donors (Lipinski definition) is 3. The Labute approximate surface area is 185 Å². The third-order valence-electron chi connectivity index (χ3n) is 4.14. The van der Waals surface area contributed by atoms with Crippen molar-refractivity contribution >= 4 is 40.9 Å². The number of halogens is 5. The van der Waals surface area contributed by atoms with Gasteiger partial charge in [-0.3, -0.25) is 9.89 Å². The minimum absolute atomic E-state index is 0.0901. The standard InChI is InChI=1S/C20H16Cl2F3N5O/c1-11(13-3-2-4-15(22)9-13)26-19(27-17-10-16(29-30-17)20(23,24)25)28-18(31)12-5-7-14(21)8-6-12/h2-11H,1H3,(H3,26,27,28,29,30,31). The average molecular weight is 470 g/mol. The lowest BCUT2D eigenvalue weighted by Gasteiger charge is -2.18. The van der Waals surface area contributed by atoms with E-state index in [4.69, 9.17) is 23.2 Å². The maximum Gasteiger partial charge on any atom is 0.432 e. The normalized spacial score (nSPS) is 13.0. The summed E-state index contributed by atoms with van der Waals surface area (Å²) in [5.41, 5.74) is -0.0147. The number of rotatable bonds is 4. The lowest BCUT2D eigenvalue weighted by molar-refractivity contribution is -0.141. The fraction of sp³-hybridized carbons (Fsp3) is 0.150. The van der Waals surface area contributed by atoms with Crippen LogP contribution in [0.1, 0.15) is 34.6 Å². The molecular formula is C20H16Cl2F3N5O. The molecule has 162 valence electrons. The van der Waals surface area contributed by atoms with Crippen LogP contribution < -0.4 is 10.6 Å². The molecule has 11 heteroatoms. The molecule has 6 nitrogen and oxygen atoms in total. The van der Waals surface area contributed by atoms with Gasteiger partial charge in [0.2, 0.25) is 5.96 Å². The van der Waals surface area contributed by atoms with Gasteiger partial charge in [0.1, 0.15) is 5.69 Å². The summed E-state index contributed by atoms with van der Waals surface area (Å²) in [6.07, 6.45) is -4.59. The number of hydrogen-bond acceptors (Lipinski definition) is 2. The number of carbonyl (C=O) groups is 1. The predicted molar refractivity (Wildman–Crippen MR) is 113 cm³/mol. The van der Waals surface area contributed by atoms with Crippen molar-refractivity contribution in [2.75, 3.05) is 5.32 Å². The Bertz CT molecular complexity index is 1100. The van der Waals surface area contributed by atoms with Gasteiger partial charge in [-0.1, -0.05) is 35.3 Å². The minimum Gasteiger partial charge on any atom is -0.349 e. The van der Waals surface area contributed by atoms with E-state index in [1.165, 1.54) is 24.3 Å². The van der Waals surface area contributed by atoms with E-state index in [0.717, 1.165) is 11.6 Å². The van der Waals surface area contributed by atoms with Gasteiger partial charge in [0.15, 0.2) is 5.82 Å². The lowest BCUT2D eigenvalue weighted by Crippen LogP contribution is -2.34. The molecule has 1 unspecified atom stereocenters. The van der Waals surface area contributed by atoms with Crippen LogP contribution in [0.2, 0.25) is 10.0 Å². The highest BCUT2D eigenvalue weighted by Crippen LogP contribution is 2.28. The maximum atomic E-state index is 12.8. The Morgan fingerprint density at radius 1 is 1.10 bits per heavy atom. The van der Waals surface area contributed by atoms with E-state index >= 15 is 0 Å². The number of H-pyrrole nitrogens is 1. The number of aliphatic imine (C=N–C) groups is 1. The van der Waals surface area contributed by atoms with Crippen LogP contribution >= 0.6 is 23.2 Å². The second-order valence-electron chi connectivity index (χ2n) is 6.48. The molecular weight excluding hydrogens is 454 g/mol. The zero-order valence-corrected chi connectivity index (χ0v) is 17.5. The molecule has 31 heavy (non-hydrogen) atoms. The smallest absolute Gasteiger partial charge is 0.349 e. The van der Waals surface area contributed by atoms with Crippen LogP contribution in [-0.4, -0.2) is 22.1 Å². The fourth-order valence-electron chi connectivity index (χ4n) is 2.57. The molecule has 1 amide bonds. The summed E-state index contributed by atoms with van der Waals surface area (Å²) in [5.74, 6) is -0.884. The third kappa shape index (κ3) is 6.22. The first kappa shape index (κ1) is 22.6. The molecule has 0 saturated carbocycles. The summed E-state index contributed by atoms with van der Waals surface area (Å²) >= 11 is 11.9. The number of aromatic nitrogens is 2. The number of benzene rings is 2. The summed E-state index contributed by atoms with van der Waals surface area (Å²) in [6, 6.07) is 13.4. The quantitative estimate of drug-likeness (QED) is 0.338. The second kappa shape index (κ2) is 9.40. The predicted octanol–water partition coefficient (Wildman–Crippen LogP) is 5.69. The van der Waals surface area contributed by atoms with E-state index < -0.39 is 17.8 Å². The number of anilines is 1. The molecule has 0 aliphatic carbocycles. The first-order valence-corrected chi connectivity index (χ1v) is 9.67. The zero-order chi connectivity index (χ0) is 22.6. The van der Waals surface area contributed by atoms with Crippen molar-refractivity contribution in [3.8, 4) is 0 Å². The van der Waals surface area contributed by atoms with E-state index in [-0.39, 0.29) is 23.4 Å². The van der Waals surface area contributed by atoms with Crippen LogP contribution in [0.3, 0.4) is 0 Å². The van der Waals surface area contributed by atoms with Crippen molar-refractivity contribution in [2.45, 2.75) is 19.1 Å². The largest absolute Gasteiger partial charge is 0.432 e. The number of guanidine groups is 1. The average Bonchev–Trinajstić information content (AvgIpc) is 3.17. The van der Waals surface area contributed by atoms with Crippen molar-refractivity contribution < 1.29 is 18.0 Å². The number of alkyl halides is 3. The molecule has 0 spiro atoms. The Hall–Kier alpha value is -3.04. The summed E-state index contributed by atoms with van der Waals surface area (Å²) in [7, 11) is 0. The molecule has 0 aliphatic rings. The molecule has 0 bridgehead atoms. The van der Waals surface area contributed by atoms with Crippen LogP contribution in [0.5, 0.6) is 0 Å². The third-order valence-corrected chi connectivity index (χ3v) is 4.62. The van der Waals surface area contributed by atoms with Gasteiger partial charge in [-0.15, -0.1) is 0 Å². The van der Waals surface area contributed by atoms with Gasteiger partial charge >= 0.3 is 6.18 Å². The van der Waals surface area contributed by atoms with Gasteiger partial charge in [-0.2, -0.15) is 23.3 Å². The first-order chi connectivity index (χ1) is 14.6. The molecule has 3 rings (SSSR count). The van der Waals surface area contributed by atoms with Crippen molar-refractivity contribution in [2.24, 2.45) is 4.99 Å². The maximum absolute atomic E-state index is 12.8. The molecule has 1 heterocycles. The van der Waals surface area contributed by atoms with Gasteiger partial charge in [0, 0.05) is 21.7 Å². The highest BCUT2D eigenvalue weighted by Gasteiger charge is 2.33. The molecule has 3 aromatic rings. The number of nitrogens with zero attached hydrogens (tertiary/aromatic N) is 2. The minimum atomic E-state index is -4.59. The van der Waals surface area contributed by atoms with E-state index in [2.05, 4.69) is 20.7 Å². The van der Waals surface area contributed by atoms with Crippen LogP contribution in [0.4, 0.5) is 19.0 Å². The SMILES string of the molecule is CC(N/C(=N/C(=O)c1ccc(Cl)cc1)Nc1cc(C(F)(F)F)[nH]n1)c1cccc(Cl)c1. The molecule has 0 saturated heterocycles. The van der Waals surface area contributed by atoms with Crippen molar-refractivity contribution in [1.82, 2.24) is 15.5 Å². The second-order valence-corrected chi connectivity index (χ2v) is 7.36. The van der Waals surface area contributed by atoms with Gasteiger partial charge in [0.25, 0.3) is 5.91 Å². The number of aromatic amines is 1. The zero-order valence-electron chi connectivity index (χ0n) is 16.0. The molecule has 3 N–H and O–H groups in total. The van der Waals surface area contributed by atoms with Gasteiger partial charge < -0.3 is 10.6 Å². The van der Waals surface area contributed by atoms with E-state index in [0.29, 0.717) is 10.0 Å². The number of carbonyl (C=O) groups excluding carboxylic acids is 1. The Kier molecular flexibility index (Phi) is 6.87. The number of nitrogens with one attached hydrogen (secondary N) is 3. The topological polar surface area (TPSA) is 82.2 Å². The summed E-state index contributed by atoms with van der Waals surface area (Å²) < 4.78 is 38.5. The summed E-state index contributed by atoms with van der Waals surface area (Å²) in [5, 5.41) is 12.0. The summed E-state index contributed by atoms with van der Waals surface area (Å²) in [6.45, 7) is 1.78. The number of amides is 1. The molecule has 1 atom stereocenters. The lowest BCUT2D eigenvalue weighted by atomic mass is 10.1. The summed E-state index contributed by atoms with van der Waals surface area (Å²) in [4.78, 5) is 16.5. The Balaban J connectivity index is 1.88. The van der Waals surface area contributed by atoms with E-state index in [1.54, 1.807) is 31.2 Å². The highest BCUT2D eigenvalue weighted by molar-refractivity contribution is 6.31. The van der Waals surface area contributed by atoms with Gasteiger partial charge in [-0.25, -0.2) is 0 Å². The van der Waals surface area contributed by atoms with Crippen LogP contribution in [0.15, 0.2) is 59.6 Å². The van der Waals surface area contributed by atoms with Crippen molar-refractivity contribution in [1.29, 1.82) is 0 Å².